The Morgan fingerprint density at radius 3 is 2.38 bits per heavy atom. The first-order chi connectivity index (χ1) is 11.3. The molecule has 0 bridgehead atoms. The normalized spacial score (nSPS) is 13.5. The molecule has 0 aromatic heterocycles. The third-order valence-electron chi connectivity index (χ3n) is 4.41. The minimum Gasteiger partial charge on any atom is -0.472 e. The standard InChI is InChI=1S/C19H25N3O2/c1-5-19(2,22(3)4)24-17-9-7-6-8-14(17)18(23)13-10-11-15(20)16(21)12-13/h6-12H,5,20-21H2,1-4H3. The van der Waals surface area contributed by atoms with Crippen LogP contribution in [0.2, 0.25) is 0 Å². The molecule has 0 spiro atoms. The molecule has 0 saturated heterocycles. The number of nitrogens with zero attached hydrogens (tertiary/aromatic N) is 1. The molecule has 0 aliphatic heterocycles. The Morgan fingerprint density at radius 2 is 1.79 bits per heavy atom. The van der Waals surface area contributed by atoms with E-state index in [9.17, 15) is 4.79 Å². The molecule has 1 unspecified atom stereocenters. The Bertz CT molecular complexity index is 743. The molecule has 2 rings (SSSR count). The van der Waals surface area contributed by atoms with E-state index in [-0.39, 0.29) is 5.78 Å². The molecule has 5 nitrogen and oxygen atoms in total. The lowest BCUT2D eigenvalue weighted by molar-refractivity contribution is -0.0441. The highest BCUT2D eigenvalue weighted by Gasteiger charge is 2.28. The van der Waals surface area contributed by atoms with Gasteiger partial charge in [0.1, 0.15) is 5.75 Å². The van der Waals surface area contributed by atoms with Crippen LogP contribution in [0.4, 0.5) is 11.4 Å². The van der Waals surface area contributed by atoms with Gasteiger partial charge in [0.15, 0.2) is 11.5 Å². The lowest BCUT2D eigenvalue weighted by Gasteiger charge is -2.36. The number of hydrogen-bond acceptors (Lipinski definition) is 5. The highest BCUT2D eigenvalue weighted by atomic mass is 16.5. The van der Waals surface area contributed by atoms with Crippen LogP contribution in [0.1, 0.15) is 36.2 Å². The van der Waals surface area contributed by atoms with Crippen molar-refractivity contribution in [2.24, 2.45) is 0 Å². The van der Waals surface area contributed by atoms with Gasteiger partial charge >= 0.3 is 0 Å². The van der Waals surface area contributed by atoms with E-state index in [2.05, 4.69) is 0 Å². The minimum atomic E-state index is -0.503. The van der Waals surface area contributed by atoms with Gasteiger partial charge in [-0.05, 0) is 57.8 Å². The molecule has 0 saturated carbocycles. The first kappa shape index (κ1) is 17.8. The maximum absolute atomic E-state index is 12.9. The number of para-hydroxylation sites is 1. The molecule has 24 heavy (non-hydrogen) atoms. The summed E-state index contributed by atoms with van der Waals surface area (Å²) < 4.78 is 6.19. The summed E-state index contributed by atoms with van der Waals surface area (Å²) in [7, 11) is 3.91. The Hall–Kier alpha value is -2.53. The molecule has 0 radical (unpaired) electrons. The van der Waals surface area contributed by atoms with Crippen LogP contribution in [0.15, 0.2) is 42.5 Å². The Balaban J connectivity index is 2.41. The molecule has 0 aliphatic rings. The number of carbonyl (C=O) groups is 1. The predicted octanol–water partition coefficient (Wildman–Crippen LogP) is 3.15. The number of carbonyl (C=O) groups excluding carboxylic acids is 1. The topological polar surface area (TPSA) is 81.6 Å². The summed E-state index contributed by atoms with van der Waals surface area (Å²) in [5.41, 5.74) is 12.9. The first-order valence-electron chi connectivity index (χ1n) is 7.93. The number of nitrogen functional groups attached to an aromatic ring is 2. The Kier molecular flexibility index (Phi) is 5.14. The van der Waals surface area contributed by atoms with Gasteiger partial charge in [-0.25, -0.2) is 0 Å². The van der Waals surface area contributed by atoms with E-state index in [0.29, 0.717) is 28.3 Å². The van der Waals surface area contributed by atoms with E-state index < -0.39 is 5.72 Å². The van der Waals surface area contributed by atoms with Crippen molar-refractivity contribution in [3.8, 4) is 5.75 Å². The molecule has 0 heterocycles. The zero-order chi connectivity index (χ0) is 17.9. The Morgan fingerprint density at radius 1 is 1.12 bits per heavy atom. The van der Waals surface area contributed by atoms with Crippen molar-refractivity contribution in [2.75, 3.05) is 25.6 Å². The summed E-state index contributed by atoms with van der Waals surface area (Å²) in [5.74, 6) is 0.408. The molecule has 1 atom stereocenters. The van der Waals surface area contributed by atoms with Crippen LogP contribution >= 0.6 is 0 Å². The summed E-state index contributed by atoms with van der Waals surface area (Å²) >= 11 is 0. The van der Waals surface area contributed by atoms with Gasteiger partial charge in [-0.15, -0.1) is 0 Å². The van der Waals surface area contributed by atoms with E-state index in [0.717, 1.165) is 6.42 Å². The summed E-state index contributed by atoms with van der Waals surface area (Å²) in [6.45, 7) is 4.04. The number of ketones is 1. The Labute approximate surface area is 143 Å². The van der Waals surface area contributed by atoms with Crippen molar-refractivity contribution in [3.63, 3.8) is 0 Å². The van der Waals surface area contributed by atoms with Crippen molar-refractivity contribution in [3.05, 3.63) is 53.6 Å². The van der Waals surface area contributed by atoms with Crippen molar-refractivity contribution in [2.45, 2.75) is 26.0 Å². The molecule has 0 amide bonds. The predicted molar refractivity (Wildman–Crippen MR) is 98.2 cm³/mol. The zero-order valence-corrected chi connectivity index (χ0v) is 14.7. The first-order valence-corrected chi connectivity index (χ1v) is 7.93. The third kappa shape index (κ3) is 3.51. The van der Waals surface area contributed by atoms with Crippen LogP contribution in [0, 0.1) is 0 Å². The maximum Gasteiger partial charge on any atom is 0.196 e. The molecule has 2 aromatic rings. The highest BCUT2D eigenvalue weighted by Crippen LogP contribution is 2.29. The van der Waals surface area contributed by atoms with E-state index in [1.807, 2.05) is 51.0 Å². The van der Waals surface area contributed by atoms with E-state index in [1.54, 1.807) is 24.3 Å². The van der Waals surface area contributed by atoms with E-state index in [1.165, 1.54) is 0 Å². The summed E-state index contributed by atoms with van der Waals surface area (Å²) in [6.07, 6.45) is 0.775. The fourth-order valence-corrected chi connectivity index (χ4v) is 2.33. The number of hydrogen-bond donors (Lipinski definition) is 2. The summed E-state index contributed by atoms with van der Waals surface area (Å²) in [4.78, 5) is 14.9. The van der Waals surface area contributed by atoms with Gasteiger partial charge in [-0.2, -0.15) is 0 Å². The second-order valence-corrected chi connectivity index (χ2v) is 6.19. The van der Waals surface area contributed by atoms with Crippen LogP contribution in [-0.4, -0.2) is 30.5 Å². The molecular weight excluding hydrogens is 302 g/mol. The molecular formula is C19H25N3O2. The minimum absolute atomic E-state index is 0.144. The molecule has 0 fully saturated rings. The van der Waals surface area contributed by atoms with Crippen LogP contribution in [0.3, 0.4) is 0 Å². The number of rotatable bonds is 6. The molecule has 4 N–H and O–H groups in total. The lowest BCUT2D eigenvalue weighted by Crippen LogP contribution is -2.46. The van der Waals surface area contributed by atoms with Gasteiger partial charge in [-0.1, -0.05) is 19.1 Å². The van der Waals surface area contributed by atoms with Crippen molar-refractivity contribution in [1.82, 2.24) is 4.90 Å². The average molecular weight is 327 g/mol. The fourth-order valence-electron chi connectivity index (χ4n) is 2.33. The van der Waals surface area contributed by atoms with Gasteiger partial charge in [0.2, 0.25) is 0 Å². The van der Waals surface area contributed by atoms with Crippen LogP contribution in [0.5, 0.6) is 5.75 Å². The highest BCUT2D eigenvalue weighted by molar-refractivity contribution is 6.11. The molecule has 128 valence electrons. The molecule has 2 aromatic carbocycles. The van der Waals surface area contributed by atoms with Crippen LogP contribution in [0.25, 0.3) is 0 Å². The lowest BCUT2D eigenvalue weighted by atomic mass is 10.0. The van der Waals surface area contributed by atoms with Crippen molar-refractivity contribution in [1.29, 1.82) is 0 Å². The molecule has 0 aliphatic carbocycles. The second-order valence-electron chi connectivity index (χ2n) is 6.19. The third-order valence-corrected chi connectivity index (χ3v) is 4.41. The van der Waals surface area contributed by atoms with Crippen LogP contribution < -0.4 is 16.2 Å². The number of benzene rings is 2. The summed E-state index contributed by atoms with van der Waals surface area (Å²) in [6, 6.07) is 12.2. The quantitative estimate of drug-likeness (QED) is 0.484. The van der Waals surface area contributed by atoms with Gasteiger partial charge in [0, 0.05) is 5.56 Å². The van der Waals surface area contributed by atoms with Gasteiger partial charge in [0.25, 0.3) is 0 Å². The van der Waals surface area contributed by atoms with Crippen molar-refractivity contribution < 1.29 is 9.53 Å². The number of nitrogens with two attached hydrogens (primary N) is 2. The van der Waals surface area contributed by atoms with E-state index in [4.69, 9.17) is 16.2 Å². The summed E-state index contributed by atoms with van der Waals surface area (Å²) in [5, 5.41) is 0. The van der Waals surface area contributed by atoms with Crippen LogP contribution in [-0.2, 0) is 0 Å². The number of anilines is 2. The van der Waals surface area contributed by atoms with Crippen molar-refractivity contribution >= 4 is 17.2 Å². The van der Waals surface area contributed by atoms with Gasteiger partial charge < -0.3 is 16.2 Å². The second kappa shape index (κ2) is 6.93. The van der Waals surface area contributed by atoms with E-state index >= 15 is 0 Å². The van der Waals surface area contributed by atoms with Gasteiger partial charge in [0.05, 0.1) is 16.9 Å². The number of ether oxygens (including phenoxy) is 1. The zero-order valence-electron chi connectivity index (χ0n) is 14.7. The monoisotopic (exact) mass is 327 g/mol. The average Bonchev–Trinajstić information content (AvgIpc) is 2.57. The largest absolute Gasteiger partial charge is 0.472 e. The SMILES string of the molecule is CCC(C)(Oc1ccccc1C(=O)c1ccc(N)c(N)c1)N(C)C. The molecule has 5 heteroatoms. The van der Waals surface area contributed by atoms with Gasteiger partial charge in [-0.3, -0.25) is 9.69 Å². The smallest absolute Gasteiger partial charge is 0.196 e. The maximum atomic E-state index is 12.9. The fraction of sp³-hybridized carbons (Fsp3) is 0.316.